The highest BCUT2D eigenvalue weighted by atomic mass is 79.9. The summed E-state index contributed by atoms with van der Waals surface area (Å²) in [6.07, 6.45) is 4.50. The van der Waals surface area contributed by atoms with Gasteiger partial charge in [-0.3, -0.25) is 0 Å². The Bertz CT molecular complexity index is 651. The molecule has 0 spiro atoms. The normalized spacial score (nSPS) is 16.1. The molecule has 5 nitrogen and oxygen atoms in total. The van der Waals surface area contributed by atoms with Crippen molar-refractivity contribution < 1.29 is 17.9 Å². The van der Waals surface area contributed by atoms with Gasteiger partial charge >= 0.3 is 5.97 Å². The lowest BCUT2D eigenvalue weighted by Gasteiger charge is -2.13. The van der Waals surface area contributed by atoms with Crippen LogP contribution in [0.5, 0.6) is 0 Å². The van der Waals surface area contributed by atoms with Gasteiger partial charge in [0, 0.05) is 4.47 Å². The zero-order chi connectivity index (χ0) is 15.6. The van der Waals surface area contributed by atoms with Gasteiger partial charge in [0.25, 0.3) is 0 Å². The molecular formula is C14H18BrNO4S. The molecule has 1 fully saturated rings. The molecule has 0 atom stereocenters. The van der Waals surface area contributed by atoms with Crippen LogP contribution in [0, 0.1) is 12.8 Å². The van der Waals surface area contributed by atoms with Crippen LogP contribution in [0.3, 0.4) is 0 Å². The first-order chi connectivity index (χ1) is 9.79. The number of rotatable bonds is 4. The Morgan fingerprint density at radius 3 is 2.57 bits per heavy atom. The molecule has 2 N–H and O–H groups in total. The number of esters is 1. The molecule has 0 aromatic heterocycles. The number of nitrogens with two attached hydrogens (primary N) is 1. The zero-order valence-corrected chi connectivity index (χ0v) is 14.2. The van der Waals surface area contributed by atoms with E-state index in [1.165, 1.54) is 25.0 Å². The van der Waals surface area contributed by atoms with E-state index in [1.54, 1.807) is 6.92 Å². The number of carbonyl (C=O) groups excluding carboxylic acids is 1. The number of hydrogen-bond donors (Lipinski definition) is 1. The number of ether oxygens (including phenoxy) is 1. The van der Waals surface area contributed by atoms with Gasteiger partial charge in [0.05, 0.1) is 17.1 Å². The molecule has 0 unspecified atom stereocenters. The van der Waals surface area contributed by atoms with Gasteiger partial charge in [-0.25, -0.2) is 18.4 Å². The van der Waals surface area contributed by atoms with Crippen molar-refractivity contribution in [2.24, 2.45) is 11.1 Å². The minimum absolute atomic E-state index is 0.104. The highest BCUT2D eigenvalue weighted by molar-refractivity contribution is 9.10. The van der Waals surface area contributed by atoms with Crippen LogP contribution in [0.25, 0.3) is 0 Å². The number of sulfonamides is 1. The first kappa shape index (κ1) is 16.5. The van der Waals surface area contributed by atoms with Crippen LogP contribution in [0.4, 0.5) is 0 Å². The molecule has 0 amide bonds. The smallest absolute Gasteiger partial charge is 0.338 e. The summed E-state index contributed by atoms with van der Waals surface area (Å²) >= 11 is 3.25. The predicted octanol–water partition coefficient (Wildman–Crippen LogP) is 2.75. The van der Waals surface area contributed by atoms with Crippen LogP contribution >= 0.6 is 15.9 Å². The molecule has 1 aromatic rings. The summed E-state index contributed by atoms with van der Waals surface area (Å²) in [5, 5.41) is 5.12. The standard InChI is InChI=1S/C14H18BrNO4S/c1-9-12(6-11(7-13(9)15)21(16,18)19)14(17)20-8-10-4-2-3-5-10/h6-7,10H,2-5,8H2,1H3,(H2,16,18,19). The van der Waals surface area contributed by atoms with Gasteiger partial charge in [0.15, 0.2) is 0 Å². The van der Waals surface area contributed by atoms with Crippen molar-refractivity contribution >= 4 is 31.9 Å². The van der Waals surface area contributed by atoms with Crippen molar-refractivity contribution in [3.05, 3.63) is 27.7 Å². The second-order valence-corrected chi connectivity index (χ2v) is 7.79. The van der Waals surface area contributed by atoms with E-state index in [9.17, 15) is 13.2 Å². The summed E-state index contributed by atoms with van der Waals surface area (Å²) in [4.78, 5) is 12.1. The van der Waals surface area contributed by atoms with Gasteiger partial charge in [-0.15, -0.1) is 0 Å². The lowest BCUT2D eigenvalue weighted by atomic mass is 10.1. The summed E-state index contributed by atoms with van der Waals surface area (Å²) in [7, 11) is -3.87. The van der Waals surface area contributed by atoms with E-state index < -0.39 is 16.0 Å². The first-order valence-electron chi connectivity index (χ1n) is 6.79. The molecule has 21 heavy (non-hydrogen) atoms. The Morgan fingerprint density at radius 1 is 1.38 bits per heavy atom. The lowest BCUT2D eigenvalue weighted by molar-refractivity contribution is 0.0441. The molecule has 0 radical (unpaired) electrons. The van der Waals surface area contributed by atoms with Crippen molar-refractivity contribution in [3.63, 3.8) is 0 Å². The average Bonchev–Trinajstić information content (AvgIpc) is 2.91. The predicted molar refractivity (Wildman–Crippen MR) is 82.5 cm³/mol. The lowest BCUT2D eigenvalue weighted by Crippen LogP contribution is -2.16. The van der Waals surface area contributed by atoms with Gasteiger partial charge in [-0.2, -0.15) is 0 Å². The largest absolute Gasteiger partial charge is 0.462 e. The Labute approximate surface area is 133 Å². The van der Waals surface area contributed by atoms with Crippen molar-refractivity contribution in [1.29, 1.82) is 0 Å². The van der Waals surface area contributed by atoms with Crippen LogP contribution < -0.4 is 5.14 Å². The Balaban J connectivity index is 2.21. The van der Waals surface area contributed by atoms with Gasteiger partial charge in [0.1, 0.15) is 0 Å². The maximum atomic E-state index is 12.2. The van der Waals surface area contributed by atoms with Crippen LogP contribution in [0.1, 0.15) is 41.6 Å². The van der Waals surface area contributed by atoms with Gasteiger partial charge in [-0.1, -0.05) is 28.8 Å². The average molecular weight is 376 g/mol. The van der Waals surface area contributed by atoms with Crippen LogP contribution in [0.15, 0.2) is 21.5 Å². The molecule has 2 rings (SSSR count). The molecule has 0 heterocycles. The number of benzene rings is 1. The fourth-order valence-electron chi connectivity index (χ4n) is 2.48. The number of primary sulfonamides is 1. The van der Waals surface area contributed by atoms with E-state index >= 15 is 0 Å². The van der Waals surface area contributed by atoms with Gasteiger partial charge < -0.3 is 4.74 Å². The van der Waals surface area contributed by atoms with Gasteiger partial charge in [-0.05, 0) is 43.4 Å². The fourth-order valence-corrected chi connectivity index (χ4v) is 3.65. The Morgan fingerprint density at radius 2 is 2.00 bits per heavy atom. The SMILES string of the molecule is Cc1c(Br)cc(S(N)(=O)=O)cc1C(=O)OCC1CCCC1. The molecular weight excluding hydrogens is 358 g/mol. The van der Waals surface area contributed by atoms with Crippen molar-refractivity contribution in [2.45, 2.75) is 37.5 Å². The van der Waals surface area contributed by atoms with E-state index in [2.05, 4.69) is 15.9 Å². The van der Waals surface area contributed by atoms with E-state index in [-0.39, 0.29) is 10.5 Å². The Hall–Kier alpha value is -0.920. The molecule has 1 aliphatic carbocycles. The topological polar surface area (TPSA) is 86.5 Å². The molecule has 0 bridgehead atoms. The number of halogens is 1. The van der Waals surface area contributed by atoms with Crippen LogP contribution in [-0.2, 0) is 14.8 Å². The molecule has 0 aliphatic heterocycles. The minimum Gasteiger partial charge on any atom is -0.462 e. The molecule has 0 saturated heterocycles. The van der Waals surface area contributed by atoms with Crippen molar-refractivity contribution in [2.75, 3.05) is 6.61 Å². The fraction of sp³-hybridized carbons (Fsp3) is 0.500. The monoisotopic (exact) mass is 375 g/mol. The minimum atomic E-state index is -3.87. The summed E-state index contributed by atoms with van der Waals surface area (Å²) in [5.74, 6) is -0.0929. The van der Waals surface area contributed by atoms with Crippen LogP contribution in [-0.4, -0.2) is 21.0 Å². The van der Waals surface area contributed by atoms with Gasteiger partial charge in [0.2, 0.25) is 10.0 Å². The van der Waals surface area contributed by atoms with E-state index in [1.807, 2.05) is 0 Å². The number of carbonyl (C=O) groups is 1. The first-order valence-corrected chi connectivity index (χ1v) is 9.13. The molecule has 116 valence electrons. The highest BCUT2D eigenvalue weighted by Crippen LogP contribution is 2.27. The summed E-state index contributed by atoms with van der Waals surface area (Å²) in [5.41, 5.74) is 0.866. The number of hydrogen-bond acceptors (Lipinski definition) is 4. The molecule has 7 heteroatoms. The maximum Gasteiger partial charge on any atom is 0.338 e. The Kier molecular flexibility index (Phi) is 5.06. The molecule has 1 saturated carbocycles. The van der Waals surface area contributed by atoms with E-state index in [4.69, 9.17) is 9.88 Å². The van der Waals surface area contributed by atoms with Crippen molar-refractivity contribution in [1.82, 2.24) is 0 Å². The summed E-state index contributed by atoms with van der Waals surface area (Å²) in [6.45, 7) is 2.11. The van der Waals surface area contributed by atoms with Crippen molar-refractivity contribution in [3.8, 4) is 0 Å². The van der Waals surface area contributed by atoms with E-state index in [0.29, 0.717) is 22.6 Å². The van der Waals surface area contributed by atoms with E-state index in [0.717, 1.165) is 12.8 Å². The molecule has 1 aromatic carbocycles. The van der Waals surface area contributed by atoms with Crippen LogP contribution in [0.2, 0.25) is 0 Å². The third-order valence-corrected chi connectivity index (χ3v) is 5.51. The zero-order valence-electron chi connectivity index (χ0n) is 11.8. The quantitative estimate of drug-likeness (QED) is 0.819. The third kappa shape index (κ3) is 4.05. The second-order valence-electron chi connectivity index (χ2n) is 5.37. The second kappa shape index (κ2) is 6.46. The highest BCUT2D eigenvalue weighted by Gasteiger charge is 2.21. The summed E-state index contributed by atoms with van der Waals surface area (Å²) in [6, 6.07) is 2.66. The summed E-state index contributed by atoms with van der Waals surface area (Å²) < 4.78 is 28.7. The third-order valence-electron chi connectivity index (χ3n) is 3.79. The molecule has 1 aliphatic rings. The maximum absolute atomic E-state index is 12.2.